The molecule has 3 aromatic rings. The number of benzene rings is 1. The monoisotopic (exact) mass is 392 g/mol. The van der Waals surface area contributed by atoms with Gasteiger partial charge in [0, 0.05) is 25.8 Å². The van der Waals surface area contributed by atoms with Gasteiger partial charge in [-0.25, -0.2) is 4.98 Å². The summed E-state index contributed by atoms with van der Waals surface area (Å²) in [5.74, 6) is -0.0866. The number of carbonyl (C=O) groups excluding carboxylic acids is 1. The highest BCUT2D eigenvalue weighted by Crippen LogP contribution is 2.20. The Hall–Kier alpha value is -2.70. The maximum Gasteiger partial charge on any atom is 0.270 e. The maximum absolute atomic E-state index is 13.3. The lowest BCUT2D eigenvalue weighted by Crippen LogP contribution is -2.39. The van der Waals surface area contributed by atoms with E-state index in [1.807, 2.05) is 54.8 Å². The number of amides is 1. The summed E-state index contributed by atoms with van der Waals surface area (Å²) in [4.78, 5) is 20.3. The zero-order valence-electron chi connectivity index (χ0n) is 17.1. The van der Waals surface area contributed by atoms with Gasteiger partial charge in [0.2, 0.25) is 0 Å². The molecule has 152 valence electrons. The number of hydrogen-bond acceptors (Lipinski definition) is 4. The van der Waals surface area contributed by atoms with Gasteiger partial charge in [0.15, 0.2) is 0 Å². The van der Waals surface area contributed by atoms with Crippen LogP contribution in [0.3, 0.4) is 0 Å². The minimum Gasteiger partial charge on any atom is -0.379 e. The van der Waals surface area contributed by atoms with Crippen LogP contribution < -0.4 is 5.32 Å². The first-order chi connectivity index (χ1) is 14.1. The molecular weight excluding hydrogens is 364 g/mol. The number of fused-ring (bicyclic) bond motifs is 1. The topological polar surface area (TPSA) is 58.9 Å². The number of rotatable bonds is 6. The number of hydrogen-bond donors (Lipinski definition) is 1. The highest BCUT2D eigenvalue weighted by molar-refractivity contribution is 5.95. The second-order valence-corrected chi connectivity index (χ2v) is 7.61. The molecule has 0 aliphatic carbocycles. The van der Waals surface area contributed by atoms with Gasteiger partial charge >= 0.3 is 0 Å². The van der Waals surface area contributed by atoms with Crippen LogP contribution in [-0.2, 0) is 4.74 Å². The fraction of sp³-hybridized carbons (Fsp3) is 0.391. The van der Waals surface area contributed by atoms with Crippen molar-refractivity contribution in [3.05, 3.63) is 71.2 Å². The van der Waals surface area contributed by atoms with Crippen molar-refractivity contribution in [2.45, 2.75) is 26.3 Å². The van der Waals surface area contributed by atoms with E-state index >= 15 is 0 Å². The second kappa shape index (κ2) is 8.76. The Kier molecular flexibility index (Phi) is 5.92. The van der Waals surface area contributed by atoms with Crippen LogP contribution in [0.2, 0.25) is 0 Å². The van der Waals surface area contributed by atoms with E-state index in [-0.39, 0.29) is 11.9 Å². The van der Waals surface area contributed by atoms with E-state index in [9.17, 15) is 4.79 Å². The van der Waals surface area contributed by atoms with Gasteiger partial charge in [-0.3, -0.25) is 14.1 Å². The van der Waals surface area contributed by atoms with Gasteiger partial charge in [-0.15, -0.1) is 0 Å². The Morgan fingerprint density at radius 1 is 1.14 bits per heavy atom. The Morgan fingerprint density at radius 3 is 2.66 bits per heavy atom. The molecule has 29 heavy (non-hydrogen) atoms. The van der Waals surface area contributed by atoms with E-state index in [2.05, 4.69) is 27.3 Å². The average molecular weight is 393 g/mol. The van der Waals surface area contributed by atoms with Crippen LogP contribution in [0.5, 0.6) is 0 Å². The highest BCUT2D eigenvalue weighted by Gasteiger charge is 2.22. The standard InChI is InChI=1S/C23H28N4O2/c1-17-7-6-11-27-21(18(2)24-22(17)27)23(28)25-20(19-8-4-3-5-9-19)10-12-26-13-15-29-16-14-26/h3-9,11,20H,10,12-16H2,1-2H3,(H,25,28)/t20-/m0/s1. The van der Waals surface area contributed by atoms with E-state index in [0.717, 1.165) is 61.7 Å². The Labute approximate surface area is 171 Å². The number of ether oxygens (including phenoxy) is 1. The van der Waals surface area contributed by atoms with Crippen molar-refractivity contribution in [1.82, 2.24) is 19.6 Å². The summed E-state index contributed by atoms with van der Waals surface area (Å²) in [5.41, 5.74) is 4.37. The predicted molar refractivity (Wildman–Crippen MR) is 113 cm³/mol. The summed E-state index contributed by atoms with van der Waals surface area (Å²) in [6, 6.07) is 14.1. The fourth-order valence-electron chi connectivity index (χ4n) is 3.96. The van der Waals surface area contributed by atoms with Gasteiger partial charge < -0.3 is 10.1 Å². The van der Waals surface area contributed by atoms with Crippen molar-refractivity contribution in [1.29, 1.82) is 0 Å². The van der Waals surface area contributed by atoms with Crippen LogP contribution in [0.4, 0.5) is 0 Å². The molecule has 1 saturated heterocycles. The molecule has 1 fully saturated rings. The third-order valence-corrected chi connectivity index (χ3v) is 5.58. The van der Waals surface area contributed by atoms with Crippen LogP contribution in [0, 0.1) is 13.8 Å². The smallest absolute Gasteiger partial charge is 0.270 e. The summed E-state index contributed by atoms with van der Waals surface area (Å²) in [6.07, 6.45) is 2.76. The van der Waals surface area contributed by atoms with Crippen molar-refractivity contribution in [3.63, 3.8) is 0 Å². The van der Waals surface area contributed by atoms with Gasteiger partial charge in [0.25, 0.3) is 5.91 Å². The van der Waals surface area contributed by atoms with Crippen molar-refractivity contribution in [2.24, 2.45) is 0 Å². The first-order valence-corrected chi connectivity index (χ1v) is 10.2. The van der Waals surface area contributed by atoms with Crippen LogP contribution in [0.1, 0.15) is 39.8 Å². The van der Waals surface area contributed by atoms with Gasteiger partial charge in [0.1, 0.15) is 11.3 Å². The maximum atomic E-state index is 13.3. The molecule has 3 heterocycles. The third-order valence-electron chi connectivity index (χ3n) is 5.58. The zero-order chi connectivity index (χ0) is 20.2. The minimum absolute atomic E-state index is 0.0543. The van der Waals surface area contributed by atoms with E-state index in [1.165, 1.54) is 0 Å². The molecule has 6 nitrogen and oxygen atoms in total. The summed E-state index contributed by atoms with van der Waals surface area (Å²) in [6.45, 7) is 8.28. The number of aromatic nitrogens is 2. The molecule has 0 spiro atoms. The number of nitrogens with one attached hydrogen (secondary N) is 1. The summed E-state index contributed by atoms with van der Waals surface area (Å²) < 4.78 is 7.34. The first-order valence-electron chi connectivity index (χ1n) is 10.2. The molecule has 6 heteroatoms. The van der Waals surface area contributed by atoms with Crippen LogP contribution in [0.25, 0.3) is 5.65 Å². The third kappa shape index (κ3) is 4.33. The van der Waals surface area contributed by atoms with E-state index < -0.39 is 0 Å². The number of carbonyl (C=O) groups is 1. The molecule has 1 aliphatic heterocycles. The predicted octanol–water partition coefficient (Wildman–Crippen LogP) is 3.14. The molecule has 1 aromatic carbocycles. The fourth-order valence-corrected chi connectivity index (χ4v) is 3.96. The number of pyridine rings is 1. The lowest BCUT2D eigenvalue weighted by atomic mass is 10.0. The largest absolute Gasteiger partial charge is 0.379 e. The number of imidazole rings is 1. The summed E-state index contributed by atoms with van der Waals surface area (Å²) in [5, 5.41) is 3.27. The summed E-state index contributed by atoms with van der Waals surface area (Å²) in [7, 11) is 0. The SMILES string of the molecule is Cc1nc2c(C)cccn2c1C(=O)N[C@@H](CCN1CCOCC1)c1ccccc1. The molecule has 0 unspecified atom stereocenters. The molecule has 0 bridgehead atoms. The molecule has 1 N–H and O–H groups in total. The minimum atomic E-state index is -0.0866. The molecule has 2 aromatic heterocycles. The van der Waals surface area contributed by atoms with Crippen LogP contribution >= 0.6 is 0 Å². The summed E-state index contributed by atoms with van der Waals surface area (Å²) >= 11 is 0. The van der Waals surface area contributed by atoms with Crippen molar-refractivity contribution in [2.75, 3.05) is 32.8 Å². The lowest BCUT2D eigenvalue weighted by molar-refractivity contribution is 0.0360. The molecule has 0 radical (unpaired) electrons. The normalized spacial score (nSPS) is 16.1. The van der Waals surface area contributed by atoms with Gasteiger partial charge in [-0.1, -0.05) is 36.4 Å². The quantitative estimate of drug-likeness (QED) is 0.700. The molecule has 1 aliphatic rings. The second-order valence-electron chi connectivity index (χ2n) is 7.61. The molecular formula is C23H28N4O2. The van der Waals surface area contributed by atoms with Crippen molar-refractivity contribution >= 4 is 11.6 Å². The number of morpholine rings is 1. The average Bonchev–Trinajstić information content (AvgIpc) is 3.10. The molecule has 4 rings (SSSR count). The van der Waals surface area contributed by atoms with Gasteiger partial charge in [-0.05, 0) is 37.5 Å². The zero-order valence-corrected chi connectivity index (χ0v) is 17.1. The van der Waals surface area contributed by atoms with E-state index in [1.54, 1.807) is 0 Å². The van der Waals surface area contributed by atoms with Crippen molar-refractivity contribution < 1.29 is 9.53 Å². The van der Waals surface area contributed by atoms with Crippen molar-refractivity contribution in [3.8, 4) is 0 Å². The Balaban J connectivity index is 1.56. The van der Waals surface area contributed by atoms with Gasteiger partial charge in [0.05, 0.1) is 24.9 Å². The first kappa shape index (κ1) is 19.6. The van der Waals surface area contributed by atoms with E-state index in [4.69, 9.17) is 4.74 Å². The lowest BCUT2D eigenvalue weighted by Gasteiger charge is -2.28. The van der Waals surface area contributed by atoms with Crippen LogP contribution in [-0.4, -0.2) is 53.0 Å². The molecule has 0 saturated carbocycles. The Bertz CT molecular complexity index is 977. The molecule has 1 atom stereocenters. The van der Waals surface area contributed by atoms with E-state index in [0.29, 0.717) is 5.69 Å². The molecule has 1 amide bonds. The van der Waals surface area contributed by atoms with Gasteiger partial charge in [-0.2, -0.15) is 0 Å². The highest BCUT2D eigenvalue weighted by atomic mass is 16.5. The number of aryl methyl sites for hydroxylation is 2. The van der Waals surface area contributed by atoms with Crippen LogP contribution in [0.15, 0.2) is 48.7 Å². The number of nitrogens with zero attached hydrogens (tertiary/aromatic N) is 3. The Morgan fingerprint density at radius 2 is 1.90 bits per heavy atom.